The fourth-order valence-electron chi connectivity index (χ4n) is 1.66. The first kappa shape index (κ1) is 10.6. The second-order valence-electron chi connectivity index (χ2n) is 3.68. The number of nitrogens with zero attached hydrogens (tertiary/aromatic N) is 2. The van der Waals surface area contributed by atoms with Gasteiger partial charge in [0.2, 0.25) is 5.89 Å². The van der Waals surface area contributed by atoms with Crippen molar-refractivity contribution in [3.8, 4) is 0 Å². The number of rotatable bonds is 3. The van der Waals surface area contributed by atoms with Crippen molar-refractivity contribution in [2.45, 2.75) is 18.8 Å². The van der Waals surface area contributed by atoms with Crippen molar-refractivity contribution in [3.05, 3.63) is 11.7 Å². The van der Waals surface area contributed by atoms with Crippen molar-refractivity contribution in [1.82, 2.24) is 10.1 Å². The Morgan fingerprint density at radius 3 is 2.93 bits per heavy atom. The molecule has 6 nitrogen and oxygen atoms in total. The lowest BCUT2D eigenvalue weighted by Crippen LogP contribution is -2.06. The molecule has 1 aromatic heterocycles. The zero-order valence-electron chi connectivity index (χ0n) is 8.22. The molecule has 0 aliphatic carbocycles. The van der Waals surface area contributed by atoms with Crippen molar-refractivity contribution >= 4 is 9.84 Å². The highest BCUT2D eigenvalue weighted by molar-refractivity contribution is 7.91. The first-order chi connectivity index (χ1) is 7.11. The summed E-state index contributed by atoms with van der Waals surface area (Å²) in [5.74, 6) is 1.23. The smallest absolute Gasteiger partial charge is 0.227 e. The highest BCUT2D eigenvalue weighted by Gasteiger charge is 2.32. The van der Waals surface area contributed by atoms with E-state index in [1.54, 1.807) is 0 Å². The monoisotopic (exact) mass is 231 g/mol. The minimum atomic E-state index is -2.89. The van der Waals surface area contributed by atoms with Gasteiger partial charge in [-0.05, 0) is 6.42 Å². The molecule has 0 saturated carbocycles. The minimum absolute atomic E-state index is 0.106. The second-order valence-corrected chi connectivity index (χ2v) is 5.91. The zero-order valence-corrected chi connectivity index (χ0v) is 9.03. The molecule has 1 fully saturated rings. The molecule has 0 radical (unpaired) electrons. The lowest BCUT2D eigenvalue weighted by molar-refractivity contribution is 0.372. The van der Waals surface area contributed by atoms with Gasteiger partial charge in [-0.3, -0.25) is 0 Å². The van der Waals surface area contributed by atoms with Crippen LogP contribution in [0.25, 0.3) is 0 Å². The quantitative estimate of drug-likeness (QED) is 0.751. The fourth-order valence-corrected chi connectivity index (χ4v) is 3.40. The van der Waals surface area contributed by atoms with E-state index in [0.717, 1.165) is 0 Å². The van der Waals surface area contributed by atoms with Gasteiger partial charge in [0.15, 0.2) is 15.7 Å². The Morgan fingerprint density at radius 2 is 2.33 bits per heavy atom. The topological polar surface area (TPSA) is 99.1 Å². The van der Waals surface area contributed by atoms with Gasteiger partial charge in [-0.1, -0.05) is 5.16 Å². The van der Waals surface area contributed by atoms with Crippen molar-refractivity contribution in [2.75, 3.05) is 18.1 Å². The van der Waals surface area contributed by atoms with E-state index in [0.29, 0.717) is 31.1 Å². The maximum atomic E-state index is 11.2. The van der Waals surface area contributed by atoms with Crippen LogP contribution in [0, 0.1) is 0 Å². The van der Waals surface area contributed by atoms with Crippen LogP contribution in [-0.4, -0.2) is 36.6 Å². The van der Waals surface area contributed by atoms with E-state index >= 15 is 0 Å². The maximum absolute atomic E-state index is 11.2. The first-order valence-corrected chi connectivity index (χ1v) is 6.66. The number of aromatic nitrogens is 2. The standard InChI is InChI=1S/C8H13N3O3S/c9-3-1-7-10-8(11-14-7)6-2-4-15(12,13)5-6/h6H,1-5,9H2. The van der Waals surface area contributed by atoms with Gasteiger partial charge < -0.3 is 10.3 Å². The van der Waals surface area contributed by atoms with Crippen LogP contribution < -0.4 is 5.73 Å². The van der Waals surface area contributed by atoms with E-state index < -0.39 is 9.84 Å². The highest BCUT2D eigenvalue weighted by Crippen LogP contribution is 2.26. The molecule has 15 heavy (non-hydrogen) atoms. The zero-order chi connectivity index (χ0) is 10.9. The summed E-state index contributed by atoms with van der Waals surface area (Å²) >= 11 is 0. The summed E-state index contributed by atoms with van der Waals surface area (Å²) in [6.45, 7) is 0.449. The van der Waals surface area contributed by atoms with Crippen LogP contribution in [0.2, 0.25) is 0 Å². The molecule has 1 aromatic rings. The summed E-state index contributed by atoms with van der Waals surface area (Å²) in [5.41, 5.74) is 5.34. The Balaban J connectivity index is 2.10. The second kappa shape index (κ2) is 3.90. The van der Waals surface area contributed by atoms with E-state index in [9.17, 15) is 8.42 Å². The average Bonchev–Trinajstić information content (AvgIpc) is 2.73. The molecule has 1 aliphatic rings. The van der Waals surface area contributed by atoms with Gasteiger partial charge in [0, 0.05) is 18.9 Å². The van der Waals surface area contributed by atoms with Crippen LogP contribution in [0.5, 0.6) is 0 Å². The van der Waals surface area contributed by atoms with Crippen LogP contribution in [0.3, 0.4) is 0 Å². The molecular formula is C8H13N3O3S. The van der Waals surface area contributed by atoms with Gasteiger partial charge in [-0.25, -0.2) is 8.42 Å². The Morgan fingerprint density at radius 1 is 1.53 bits per heavy atom. The molecule has 2 N–H and O–H groups in total. The van der Waals surface area contributed by atoms with E-state index in [-0.39, 0.29) is 17.4 Å². The molecule has 2 heterocycles. The maximum Gasteiger partial charge on any atom is 0.227 e. The highest BCUT2D eigenvalue weighted by atomic mass is 32.2. The predicted octanol–water partition coefficient (Wildman–Crippen LogP) is -0.527. The van der Waals surface area contributed by atoms with Gasteiger partial charge in [0.1, 0.15) is 0 Å². The van der Waals surface area contributed by atoms with Gasteiger partial charge in [-0.2, -0.15) is 4.98 Å². The van der Waals surface area contributed by atoms with Crippen molar-refractivity contribution in [2.24, 2.45) is 5.73 Å². The van der Waals surface area contributed by atoms with E-state index in [2.05, 4.69) is 10.1 Å². The van der Waals surface area contributed by atoms with E-state index in [1.807, 2.05) is 0 Å². The third-order valence-corrected chi connectivity index (χ3v) is 4.21. The van der Waals surface area contributed by atoms with Gasteiger partial charge in [0.25, 0.3) is 0 Å². The molecule has 84 valence electrons. The van der Waals surface area contributed by atoms with Crippen molar-refractivity contribution < 1.29 is 12.9 Å². The van der Waals surface area contributed by atoms with Gasteiger partial charge in [-0.15, -0.1) is 0 Å². The number of hydrogen-bond donors (Lipinski definition) is 1. The van der Waals surface area contributed by atoms with Gasteiger partial charge in [0.05, 0.1) is 11.5 Å². The summed E-state index contributed by atoms with van der Waals surface area (Å²) in [6, 6.07) is 0. The molecule has 7 heteroatoms. The summed E-state index contributed by atoms with van der Waals surface area (Å²) in [7, 11) is -2.89. The lowest BCUT2D eigenvalue weighted by atomic mass is 10.1. The molecule has 1 unspecified atom stereocenters. The van der Waals surface area contributed by atoms with Crippen LogP contribution >= 0.6 is 0 Å². The summed E-state index contributed by atoms with van der Waals surface area (Å²) < 4.78 is 27.4. The minimum Gasteiger partial charge on any atom is -0.339 e. The number of hydrogen-bond acceptors (Lipinski definition) is 6. The molecule has 0 spiro atoms. The Bertz CT molecular complexity index is 440. The lowest BCUT2D eigenvalue weighted by Gasteiger charge is -1.97. The largest absolute Gasteiger partial charge is 0.339 e. The van der Waals surface area contributed by atoms with Crippen LogP contribution in [0.15, 0.2) is 4.52 Å². The van der Waals surface area contributed by atoms with Crippen LogP contribution in [0.4, 0.5) is 0 Å². The first-order valence-electron chi connectivity index (χ1n) is 4.84. The van der Waals surface area contributed by atoms with E-state index in [1.165, 1.54) is 0 Å². The molecule has 2 rings (SSSR count). The average molecular weight is 231 g/mol. The number of sulfone groups is 1. The normalized spacial score (nSPS) is 24.5. The molecular weight excluding hydrogens is 218 g/mol. The fraction of sp³-hybridized carbons (Fsp3) is 0.750. The third kappa shape index (κ3) is 2.35. The molecule has 0 bridgehead atoms. The molecule has 1 atom stereocenters. The van der Waals surface area contributed by atoms with Crippen LogP contribution in [0.1, 0.15) is 24.1 Å². The van der Waals surface area contributed by atoms with Gasteiger partial charge >= 0.3 is 0 Å². The Labute approximate surface area is 87.8 Å². The van der Waals surface area contributed by atoms with Crippen molar-refractivity contribution in [3.63, 3.8) is 0 Å². The molecule has 0 amide bonds. The molecule has 1 aliphatic heterocycles. The summed E-state index contributed by atoms with van der Waals surface area (Å²) in [5, 5.41) is 3.78. The van der Waals surface area contributed by atoms with Crippen LogP contribution in [-0.2, 0) is 16.3 Å². The van der Waals surface area contributed by atoms with Crippen molar-refractivity contribution in [1.29, 1.82) is 0 Å². The molecule has 1 saturated heterocycles. The molecule has 0 aromatic carbocycles. The summed E-state index contributed by atoms with van der Waals surface area (Å²) in [4.78, 5) is 4.13. The SMILES string of the molecule is NCCc1nc(C2CCS(=O)(=O)C2)no1. The number of nitrogens with two attached hydrogens (primary N) is 1. The Kier molecular flexibility index (Phi) is 2.74. The third-order valence-electron chi connectivity index (χ3n) is 2.44. The summed E-state index contributed by atoms with van der Waals surface area (Å²) in [6.07, 6.45) is 1.12. The predicted molar refractivity (Wildman–Crippen MR) is 53.1 cm³/mol. The Hall–Kier alpha value is -0.950. The van der Waals surface area contributed by atoms with E-state index in [4.69, 9.17) is 10.3 Å².